The van der Waals surface area contributed by atoms with Gasteiger partial charge in [0.1, 0.15) is 11.8 Å². The quantitative estimate of drug-likeness (QED) is 0.821. The number of aliphatic hydroxyl groups excluding tert-OH is 1. The molecular weight excluding hydrogens is 230 g/mol. The van der Waals surface area contributed by atoms with Crippen molar-refractivity contribution in [2.24, 2.45) is 5.92 Å². The standard InChI is InChI=1S/C13H17N3O2/c1-9(17)10-3-2-4-16(8-10)13(18)11-5-12(6-14)15-7-11/h5,7,9-10,15,17H,2-4,8H2,1H3. The molecule has 5 nitrogen and oxygen atoms in total. The maximum atomic E-state index is 12.2. The minimum absolute atomic E-state index is 0.0712. The highest BCUT2D eigenvalue weighted by Gasteiger charge is 2.27. The zero-order chi connectivity index (χ0) is 13.1. The van der Waals surface area contributed by atoms with Crippen LogP contribution in [0.2, 0.25) is 0 Å². The highest BCUT2D eigenvalue weighted by molar-refractivity contribution is 5.94. The van der Waals surface area contributed by atoms with Crippen molar-refractivity contribution in [3.05, 3.63) is 23.5 Å². The number of likely N-dealkylation sites (tertiary alicyclic amines) is 1. The second-order valence-electron chi connectivity index (χ2n) is 4.81. The highest BCUT2D eigenvalue weighted by atomic mass is 16.3. The van der Waals surface area contributed by atoms with Crippen molar-refractivity contribution in [2.45, 2.75) is 25.9 Å². The van der Waals surface area contributed by atoms with E-state index in [2.05, 4.69) is 4.98 Å². The molecule has 18 heavy (non-hydrogen) atoms. The lowest BCUT2D eigenvalue weighted by Gasteiger charge is -2.34. The average Bonchev–Trinajstić information content (AvgIpc) is 2.86. The van der Waals surface area contributed by atoms with Crippen LogP contribution in [0.25, 0.3) is 0 Å². The van der Waals surface area contributed by atoms with Crippen molar-refractivity contribution < 1.29 is 9.90 Å². The Morgan fingerprint density at radius 3 is 3.11 bits per heavy atom. The van der Waals surface area contributed by atoms with Crippen LogP contribution in [0.1, 0.15) is 35.8 Å². The summed E-state index contributed by atoms with van der Waals surface area (Å²) in [5.41, 5.74) is 0.903. The Kier molecular flexibility index (Phi) is 3.68. The molecule has 0 aliphatic carbocycles. The van der Waals surface area contributed by atoms with Gasteiger partial charge in [-0.25, -0.2) is 0 Å². The van der Waals surface area contributed by atoms with E-state index in [9.17, 15) is 9.90 Å². The molecule has 1 aromatic rings. The van der Waals surface area contributed by atoms with E-state index in [0.29, 0.717) is 17.8 Å². The Morgan fingerprint density at radius 2 is 2.50 bits per heavy atom. The number of carbonyl (C=O) groups is 1. The van der Waals surface area contributed by atoms with Crippen molar-refractivity contribution in [3.8, 4) is 6.07 Å². The molecule has 1 aliphatic rings. The molecular formula is C13H17N3O2. The normalized spacial score (nSPS) is 21.4. The molecule has 2 rings (SSSR count). The number of amides is 1. The first-order valence-electron chi connectivity index (χ1n) is 6.17. The molecule has 0 aromatic carbocycles. The van der Waals surface area contributed by atoms with Crippen LogP contribution in [0.5, 0.6) is 0 Å². The second-order valence-corrected chi connectivity index (χ2v) is 4.81. The number of nitrogens with zero attached hydrogens (tertiary/aromatic N) is 2. The van der Waals surface area contributed by atoms with E-state index in [1.165, 1.54) is 0 Å². The van der Waals surface area contributed by atoms with E-state index in [1.807, 2.05) is 6.07 Å². The zero-order valence-electron chi connectivity index (χ0n) is 10.4. The summed E-state index contributed by atoms with van der Waals surface area (Å²) in [5, 5.41) is 18.3. The van der Waals surface area contributed by atoms with Crippen molar-refractivity contribution in [3.63, 3.8) is 0 Å². The first-order valence-corrected chi connectivity index (χ1v) is 6.17. The van der Waals surface area contributed by atoms with Gasteiger partial charge in [-0.15, -0.1) is 0 Å². The van der Waals surface area contributed by atoms with Crippen LogP contribution in [-0.2, 0) is 0 Å². The topological polar surface area (TPSA) is 80.1 Å². The molecule has 1 saturated heterocycles. The first-order chi connectivity index (χ1) is 8.61. The summed E-state index contributed by atoms with van der Waals surface area (Å²) in [6.07, 6.45) is 3.04. The van der Waals surface area contributed by atoms with Gasteiger partial charge in [0.2, 0.25) is 0 Å². The largest absolute Gasteiger partial charge is 0.393 e. The fourth-order valence-corrected chi connectivity index (χ4v) is 2.35. The fourth-order valence-electron chi connectivity index (χ4n) is 2.35. The molecule has 2 N–H and O–H groups in total. The lowest BCUT2D eigenvalue weighted by atomic mass is 9.93. The van der Waals surface area contributed by atoms with E-state index >= 15 is 0 Å². The molecule has 1 aromatic heterocycles. The Hall–Kier alpha value is -1.80. The fraction of sp³-hybridized carbons (Fsp3) is 0.538. The van der Waals surface area contributed by atoms with Gasteiger partial charge in [-0.3, -0.25) is 4.79 Å². The van der Waals surface area contributed by atoms with Gasteiger partial charge >= 0.3 is 0 Å². The maximum absolute atomic E-state index is 12.2. The summed E-state index contributed by atoms with van der Waals surface area (Å²) in [7, 11) is 0. The Balaban J connectivity index is 2.07. The SMILES string of the molecule is CC(O)C1CCCN(C(=O)c2c[nH]c(C#N)c2)C1. The summed E-state index contributed by atoms with van der Waals surface area (Å²) in [6.45, 7) is 3.07. The van der Waals surface area contributed by atoms with E-state index in [0.717, 1.165) is 19.4 Å². The van der Waals surface area contributed by atoms with Gasteiger partial charge in [0.15, 0.2) is 0 Å². The van der Waals surface area contributed by atoms with Gasteiger partial charge in [0, 0.05) is 25.2 Å². The van der Waals surface area contributed by atoms with E-state index in [4.69, 9.17) is 5.26 Å². The first kappa shape index (κ1) is 12.7. The van der Waals surface area contributed by atoms with E-state index < -0.39 is 0 Å². The minimum atomic E-state index is -0.388. The number of aromatic amines is 1. The van der Waals surface area contributed by atoms with Crippen molar-refractivity contribution in [1.82, 2.24) is 9.88 Å². The van der Waals surface area contributed by atoms with Crippen LogP contribution in [0.3, 0.4) is 0 Å². The molecule has 0 spiro atoms. The van der Waals surface area contributed by atoms with Crippen molar-refractivity contribution >= 4 is 5.91 Å². The van der Waals surface area contributed by atoms with Crippen LogP contribution >= 0.6 is 0 Å². The monoisotopic (exact) mass is 247 g/mol. The van der Waals surface area contributed by atoms with Gasteiger partial charge in [0.05, 0.1) is 11.7 Å². The van der Waals surface area contributed by atoms with Gasteiger partial charge in [-0.2, -0.15) is 5.26 Å². The number of piperidine rings is 1. The van der Waals surface area contributed by atoms with Gasteiger partial charge in [0.25, 0.3) is 5.91 Å². The molecule has 96 valence electrons. The molecule has 0 saturated carbocycles. The van der Waals surface area contributed by atoms with E-state index in [1.54, 1.807) is 24.1 Å². The minimum Gasteiger partial charge on any atom is -0.393 e. The molecule has 5 heteroatoms. The van der Waals surface area contributed by atoms with Gasteiger partial charge < -0.3 is 15.0 Å². The molecule has 0 radical (unpaired) electrons. The van der Waals surface area contributed by atoms with E-state index in [-0.39, 0.29) is 17.9 Å². The zero-order valence-corrected chi connectivity index (χ0v) is 10.4. The Bertz CT molecular complexity index is 473. The summed E-state index contributed by atoms with van der Waals surface area (Å²) in [6, 6.07) is 3.53. The van der Waals surface area contributed by atoms with Crippen LogP contribution in [0.15, 0.2) is 12.3 Å². The van der Waals surface area contributed by atoms with Gasteiger partial charge in [-0.1, -0.05) is 0 Å². The van der Waals surface area contributed by atoms with Crippen LogP contribution < -0.4 is 0 Å². The van der Waals surface area contributed by atoms with Crippen LogP contribution in [-0.4, -0.2) is 40.1 Å². The number of aromatic nitrogens is 1. The third-order valence-corrected chi connectivity index (χ3v) is 3.48. The lowest BCUT2D eigenvalue weighted by molar-refractivity contribution is 0.0466. The number of hydrogen-bond acceptors (Lipinski definition) is 3. The predicted octanol–water partition coefficient (Wildman–Crippen LogP) is 1.12. The Labute approximate surface area is 106 Å². The lowest BCUT2D eigenvalue weighted by Crippen LogP contribution is -2.42. The number of nitrogens with one attached hydrogen (secondary N) is 1. The smallest absolute Gasteiger partial charge is 0.255 e. The Morgan fingerprint density at radius 1 is 1.72 bits per heavy atom. The number of H-pyrrole nitrogens is 1. The van der Waals surface area contributed by atoms with Gasteiger partial charge in [-0.05, 0) is 25.8 Å². The van der Waals surface area contributed by atoms with Crippen molar-refractivity contribution in [1.29, 1.82) is 5.26 Å². The second kappa shape index (κ2) is 5.23. The number of carbonyl (C=O) groups excluding carboxylic acids is 1. The predicted molar refractivity (Wildman–Crippen MR) is 65.8 cm³/mol. The third-order valence-electron chi connectivity index (χ3n) is 3.48. The number of aliphatic hydroxyl groups is 1. The average molecular weight is 247 g/mol. The molecule has 1 aliphatic heterocycles. The number of nitriles is 1. The van der Waals surface area contributed by atoms with Crippen LogP contribution in [0.4, 0.5) is 0 Å². The van der Waals surface area contributed by atoms with Crippen molar-refractivity contribution in [2.75, 3.05) is 13.1 Å². The summed E-state index contributed by atoms with van der Waals surface area (Å²) in [5.74, 6) is 0.0789. The highest BCUT2D eigenvalue weighted by Crippen LogP contribution is 2.21. The summed E-state index contributed by atoms with van der Waals surface area (Å²) < 4.78 is 0. The summed E-state index contributed by atoms with van der Waals surface area (Å²) in [4.78, 5) is 16.7. The number of hydrogen-bond donors (Lipinski definition) is 2. The third kappa shape index (κ3) is 2.54. The molecule has 0 bridgehead atoms. The molecule has 1 amide bonds. The van der Waals surface area contributed by atoms with Crippen LogP contribution in [0, 0.1) is 17.2 Å². The number of rotatable bonds is 2. The molecule has 2 heterocycles. The molecule has 1 fully saturated rings. The maximum Gasteiger partial charge on any atom is 0.255 e. The summed E-state index contributed by atoms with van der Waals surface area (Å²) >= 11 is 0. The molecule has 2 unspecified atom stereocenters. The molecule has 2 atom stereocenters.